The molecule has 1 fully saturated rings. The van der Waals surface area contributed by atoms with E-state index in [0.717, 1.165) is 12.8 Å². The molecule has 1 aromatic heterocycles. The highest BCUT2D eigenvalue weighted by Crippen LogP contribution is 2.35. The molecule has 0 aromatic carbocycles. The Balaban J connectivity index is 1.92. The number of hydrogen-bond donors (Lipinski definition) is 1. The van der Waals surface area contributed by atoms with Crippen LogP contribution in [0.25, 0.3) is 0 Å². The van der Waals surface area contributed by atoms with Crippen molar-refractivity contribution in [3.8, 4) is 6.07 Å². The molecule has 0 aliphatic heterocycles. The van der Waals surface area contributed by atoms with Crippen LogP contribution in [0.1, 0.15) is 40.5 Å². The first-order valence-corrected chi connectivity index (χ1v) is 9.55. The minimum absolute atomic E-state index is 0.00671. The molecule has 2 amide bonds. The lowest BCUT2D eigenvalue weighted by Crippen LogP contribution is -2.49. The summed E-state index contributed by atoms with van der Waals surface area (Å²) >= 11 is 2.57. The summed E-state index contributed by atoms with van der Waals surface area (Å²) in [5, 5.41) is 20.7. The average Bonchev–Trinajstić information content (AvgIpc) is 3.22. The maximum absolute atomic E-state index is 12.1. The average molecular weight is 368 g/mol. The molecule has 9 heteroatoms. The normalized spacial score (nSPS) is 16.3. The van der Waals surface area contributed by atoms with Crippen LogP contribution in [0.4, 0.5) is 5.13 Å². The van der Waals surface area contributed by atoms with E-state index >= 15 is 0 Å². The molecule has 0 bridgehead atoms. The fourth-order valence-corrected chi connectivity index (χ4v) is 3.75. The Morgan fingerprint density at radius 2 is 2.17 bits per heavy atom. The zero-order valence-electron chi connectivity index (χ0n) is 14.2. The number of amides is 2. The molecule has 1 atom stereocenters. The largest absolute Gasteiger partial charge is 0.337 e. The second-order valence-corrected chi connectivity index (χ2v) is 8.45. The molecular weight excluding hydrogens is 346 g/mol. The Bertz CT molecular complexity index is 665. The summed E-state index contributed by atoms with van der Waals surface area (Å²) in [4.78, 5) is 25.5. The topological polar surface area (TPSA) is 99.0 Å². The van der Waals surface area contributed by atoms with Gasteiger partial charge in [0.2, 0.25) is 16.9 Å². The van der Waals surface area contributed by atoms with Gasteiger partial charge in [-0.25, -0.2) is 0 Å². The predicted octanol–water partition coefficient (Wildman–Crippen LogP) is 2.20. The molecule has 1 unspecified atom stereocenters. The van der Waals surface area contributed by atoms with Gasteiger partial charge in [0.1, 0.15) is 5.54 Å². The minimum Gasteiger partial charge on any atom is -0.337 e. The maximum Gasteiger partial charge on any atom is 0.231 e. The molecular formula is C15H21N5O2S2. The SMILES string of the molecule is CC(=O)N(c1nnc(SCC(=O)NC(C)(C#N)C(C)C)s1)C1CC1. The van der Waals surface area contributed by atoms with Crippen molar-refractivity contribution in [1.82, 2.24) is 15.5 Å². The number of aromatic nitrogens is 2. The number of nitriles is 1. The molecule has 1 aromatic rings. The van der Waals surface area contributed by atoms with E-state index in [1.807, 2.05) is 13.8 Å². The zero-order chi connectivity index (χ0) is 17.9. The number of carbonyl (C=O) groups excluding carboxylic acids is 2. The third-order valence-electron chi connectivity index (χ3n) is 3.97. The van der Waals surface area contributed by atoms with Crippen LogP contribution in [0.5, 0.6) is 0 Å². The monoisotopic (exact) mass is 367 g/mol. The molecule has 24 heavy (non-hydrogen) atoms. The van der Waals surface area contributed by atoms with Gasteiger partial charge in [-0.2, -0.15) is 5.26 Å². The predicted molar refractivity (Wildman–Crippen MR) is 93.8 cm³/mol. The summed E-state index contributed by atoms with van der Waals surface area (Å²) in [6.45, 7) is 7.02. The highest BCUT2D eigenvalue weighted by Gasteiger charge is 2.34. The van der Waals surface area contributed by atoms with Gasteiger partial charge in [0, 0.05) is 13.0 Å². The van der Waals surface area contributed by atoms with E-state index in [1.54, 1.807) is 11.8 Å². The third-order valence-corrected chi connectivity index (χ3v) is 6.02. The maximum atomic E-state index is 12.1. The van der Waals surface area contributed by atoms with Gasteiger partial charge in [-0.15, -0.1) is 10.2 Å². The van der Waals surface area contributed by atoms with E-state index in [1.165, 1.54) is 30.0 Å². The van der Waals surface area contributed by atoms with Gasteiger partial charge in [0.15, 0.2) is 4.34 Å². The number of thioether (sulfide) groups is 1. The molecule has 1 heterocycles. The summed E-state index contributed by atoms with van der Waals surface area (Å²) in [6, 6.07) is 2.38. The number of anilines is 1. The lowest BCUT2D eigenvalue weighted by Gasteiger charge is -2.27. The molecule has 1 aliphatic rings. The first-order valence-electron chi connectivity index (χ1n) is 7.75. The van der Waals surface area contributed by atoms with Crippen LogP contribution >= 0.6 is 23.1 Å². The molecule has 1 N–H and O–H groups in total. The van der Waals surface area contributed by atoms with Gasteiger partial charge in [-0.05, 0) is 25.7 Å². The number of hydrogen-bond acceptors (Lipinski definition) is 7. The van der Waals surface area contributed by atoms with E-state index in [0.29, 0.717) is 9.47 Å². The molecule has 1 aliphatic carbocycles. The number of nitrogens with zero attached hydrogens (tertiary/aromatic N) is 4. The Labute approximate surface area is 149 Å². The van der Waals surface area contributed by atoms with Crippen LogP contribution < -0.4 is 10.2 Å². The van der Waals surface area contributed by atoms with E-state index in [4.69, 9.17) is 0 Å². The molecule has 0 radical (unpaired) electrons. The van der Waals surface area contributed by atoms with Gasteiger partial charge in [0.25, 0.3) is 0 Å². The number of rotatable bonds is 7. The van der Waals surface area contributed by atoms with Gasteiger partial charge in [0.05, 0.1) is 11.8 Å². The smallest absolute Gasteiger partial charge is 0.231 e. The van der Waals surface area contributed by atoms with Crippen LogP contribution in [0.15, 0.2) is 4.34 Å². The standard InChI is InChI=1S/C15H21N5O2S2/c1-9(2)15(4,8-16)17-12(22)7-23-14-19-18-13(24-14)20(10(3)21)11-5-6-11/h9,11H,5-7H2,1-4H3,(H,17,22). The van der Waals surface area contributed by atoms with Gasteiger partial charge >= 0.3 is 0 Å². The lowest BCUT2D eigenvalue weighted by atomic mass is 9.90. The second kappa shape index (κ2) is 7.49. The molecule has 130 valence electrons. The summed E-state index contributed by atoms with van der Waals surface area (Å²) in [5.41, 5.74) is -0.888. The van der Waals surface area contributed by atoms with Crippen LogP contribution in [-0.2, 0) is 9.59 Å². The number of carbonyl (C=O) groups is 2. The fourth-order valence-electron chi connectivity index (χ4n) is 1.99. The summed E-state index contributed by atoms with van der Waals surface area (Å²) in [7, 11) is 0. The highest BCUT2D eigenvalue weighted by molar-refractivity contribution is 8.01. The summed E-state index contributed by atoms with van der Waals surface area (Å²) in [5.74, 6) is -0.0979. The van der Waals surface area contributed by atoms with Crippen molar-refractivity contribution in [3.63, 3.8) is 0 Å². The second-order valence-electron chi connectivity index (χ2n) is 6.28. The molecule has 0 saturated heterocycles. The van der Waals surface area contributed by atoms with Crippen molar-refractivity contribution in [2.75, 3.05) is 10.7 Å². The van der Waals surface area contributed by atoms with Crippen molar-refractivity contribution in [3.05, 3.63) is 0 Å². The summed E-state index contributed by atoms with van der Waals surface area (Å²) in [6.07, 6.45) is 1.98. The van der Waals surface area contributed by atoms with E-state index in [2.05, 4.69) is 21.6 Å². The quantitative estimate of drug-likeness (QED) is 0.586. The van der Waals surface area contributed by atoms with Crippen molar-refractivity contribution in [2.24, 2.45) is 5.92 Å². The molecule has 7 nitrogen and oxygen atoms in total. The number of nitrogens with one attached hydrogen (secondary N) is 1. The Morgan fingerprint density at radius 1 is 1.50 bits per heavy atom. The van der Waals surface area contributed by atoms with Crippen molar-refractivity contribution >= 4 is 40.0 Å². The van der Waals surface area contributed by atoms with Crippen LogP contribution in [-0.4, -0.2) is 39.3 Å². The summed E-state index contributed by atoms with van der Waals surface area (Å²) < 4.78 is 0.634. The molecule has 1 saturated carbocycles. The Kier molecular flexibility index (Phi) is 5.83. The minimum atomic E-state index is -0.888. The highest BCUT2D eigenvalue weighted by atomic mass is 32.2. The van der Waals surface area contributed by atoms with Crippen molar-refractivity contribution < 1.29 is 9.59 Å². The van der Waals surface area contributed by atoms with Gasteiger partial charge < -0.3 is 5.32 Å². The molecule has 2 rings (SSSR count). The fraction of sp³-hybridized carbons (Fsp3) is 0.667. The van der Waals surface area contributed by atoms with Gasteiger partial charge in [-0.1, -0.05) is 36.9 Å². The first kappa shape index (κ1) is 18.7. The third kappa shape index (κ3) is 4.45. The lowest BCUT2D eigenvalue weighted by molar-refractivity contribution is -0.120. The first-order chi connectivity index (χ1) is 11.3. The van der Waals surface area contributed by atoms with Crippen LogP contribution in [0, 0.1) is 17.2 Å². The van der Waals surface area contributed by atoms with Crippen molar-refractivity contribution in [2.45, 2.75) is 56.5 Å². The van der Waals surface area contributed by atoms with Crippen LogP contribution in [0.3, 0.4) is 0 Å². The van der Waals surface area contributed by atoms with Crippen molar-refractivity contribution in [1.29, 1.82) is 5.26 Å². The zero-order valence-corrected chi connectivity index (χ0v) is 15.8. The van der Waals surface area contributed by atoms with Crippen LogP contribution in [0.2, 0.25) is 0 Å². The van der Waals surface area contributed by atoms with E-state index < -0.39 is 5.54 Å². The van der Waals surface area contributed by atoms with Gasteiger partial charge in [-0.3, -0.25) is 14.5 Å². The Hall–Kier alpha value is -1.66. The molecule has 0 spiro atoms. The van der Waals surface area contributed by atoms with E-state index in [9.17, 15) is 14.9 Å². The van der Waals surface area contributed by atoms with E-state index in [-0.39, 0.29) is 29.5 Å². The Morgan fingerprint density at radius 3 is 2.67 bits per heavy atom.